The van der Waals surface area contributed by atoms with E-state index in [4.69, 9.17) is 14.9 Å². The Bertz CT molecular complexity index is 382. The fraction of sp³-hybridized carbons (Fsp3) is 0.833. The zero-order chi connectivity index (χ0) is 14.2. The summed E-state index contributed by atoms with van der Waals surface area (Å²) < 4.78 is 4.77. The predicted octanol–water partition coefficient (Wildman–Crippen LogP) is -0.417. The molecule has 2 aliphatic heterocycles. The Morgan fingerprint density at radius 3 is 2.68 bits per heavy atom. The molecule has 0 spiro atoms. The van der Waals surface area contributed by atoms with Crippen molar-refractivity contribution in [3.05, 3.63) is 0 Å². The van der Waals surface area contributed by atoms with Crippen molar-refractivity contribution in [2.45, 2.75) is 36.4 Å². The molecule has 0 aromatic rings. The fourth-order valence-corrected chi connectivity index (χ4v) is 4.02. The van der Waals surface area contributed by atoms with E-state index in [-0.39, 0.29) is 35.8 Å². The van der Waals surface area contributed by atoms with Gasteiger partial charge in [-0.15, -0.1) is 11.8 Å². The average molecular weight is 289 g/mol. The number of carbonyl (C=O) groups excluding carboxylic acids is 2. The third-order valence-electron chi connectivity index (χ3n) is 3.52. The Morgan fingerprint density at radius 1 is 1.53 bits per heavy atom. The van der Waals surface area contributed by atoms with Crippen molar-refractivity contribution in [2.75, 3.05) is 19.8 Å². The third kappa shape index (κ3) is 2.59. The molecule has 0 aromatic heterocycles. The van der Waals surface area contributed by atoms with Crippen molar-refractivity contribution in [3.8, 4) is 0 Å². The smallest absolute Gasteiger partial charge is 0.330 e. The molecule has 2 saturated heterocycles. The summed E-state index contributed by atoms with van der Waals surface area (Å²) in [6.45, 7) is 3.33. The van der Waals surface area contributed by atoms with E-state index in [1.54, 1.807) is 16.7 Å². The Balaban J connectivity index is 1.99. The second-order valence-corrected chi connectivity index (χ2v) is 7.28. The van der Waals surface area contributed by atoms with Crippen LogP contribution in [0.25, 0.3) is 0 Å². The Morgan fingerprint density at radius 2 is 2.16 bits per heavy atom. The molecule has 0 radical (unpaired) electrons. The van der Waals surface area contributed by atoms with Crippen molar-refractivity contribution in [1.82, 2.24) is 4.90 Å². The van der Waals surface area contributed by atoms with Crippen LogP contribution in [0, 0.1) is 5.92 Å². The van der Waals surface area contributed by atoms with Crippen LogP contribution < -0.4 is 0 Å². The first-order valence-corrected chi connectivity index (χ1v) is 7.16. The van der Waals surface area contributed by atoms with Crippen molar-refractivity contribution >= 4 is 23.6 Å². The number of esters is 1. The Kier molecular flexibility index (Phi) is 4.08. The molecule has 2 rings (SSSR count). The second-order valence-electron chi connectivity index (χ2n) is 5.44. The van der Waals surface area contributed by atoms with Gasteiger partial charge < -0.3 is 19.8 Å². The molecule has 0 aliphatic carbocycles. The van der Waals surface area contributed by atoms with Gasteiger partial charge in [0.1, 0.15) is 6.04 Å². The lowest BCUT2D eigenvalue weighted by molar-refractivity contribution is -0.162. The summed E-state index contributed by atoms with van der Waals surface area (Å²) in [5.74, 6) is -0.949. The number of nitrogens with zero attached hydrogens (tertiary/aromatic N) is 1. The van der Waals surface area contributed by atoms with Crippen molar-refractivity contribution in [2.24, 2.45) is 5.92 Å². The van der Waals surface area contributed by atoms with E-state index in [0.717, 1.165) is 0 Å². The lowest BCUT2D eigenvalue weighted by Crippen LogP contribution is -2.57. The second kappa shape index (κ2) is 5.30. The number of fused-ring (bicyclic) bond motifs is 1. The van der Waals surface area contributed by atoms with Crippen LogP contribution in [0.3, 0.4) is 0 Å². The Hall–Kier alpha value is -0.790. The normalized spacial score (nSPS) is 28.3. The van der Waals surface area contributed by atoms with Crippen molar-refractivity contribution in [3.63, 3.8) is 0 Å². The molecule has 6 nitrogen and oxygen atoms in total. The number of amides is 1. The summed E-state index contributed by atoms with van der Waals surface area (Å²) in [4.78, 5) is 25.3. The number of hydrogen-bond donors (Lipinski definition) is 2. The summed E-state index contributed by atoms with van der Waals surface area (Å²) >= 11 is 1.61. The van der Waals surface area contributed by atoms with Crippen molar-refractivity contribution < 1.29 is 24.5 Å². The van der Waals surface area contributed by atoms with Gasteiger partial charge in [0.2, 0.25) is 5.91 Å². The molecule has 7 heteroatoms. The van der Waals surface area contributed by atoms with E-state index < -0.39 is 17.9 Å². The van der Waals surface area contributed by atoms with E-state index >= 15 is 0 Å². The summed E-state index contributed by atoms with van der Waals surface area (Å²) in [7, 11) is 0. The highest BCUT2D eigenvalue weighted by Gasteiger charge is 2.59. The number of thioether (sulfide) groups is 1. The molecule has 19 heavy (non-hydrogen) atoms. The molecule has 2 atom stereocenters. The van der Waals surface area contributed by atoms with E-state index in [9.17, 15) is 9.59 Å². The van der Waals surface area contributed by atoms with Gasteiger partial charge >= 0.3 is 5.97 Å². The van der Waals surface area contributed by atoms with Gasteiger partial charge in [0.05, 0.1) is 31.6 Å². The van der Waals surface area contributed by atoms with Gasteiger partial charge in [0.25, 0.3) is 0 Å². The number of hydrogen-bond acceptors (Lipinski definition) is 6. The first kappa shape index (κ1) is 14.6. The van der Waals surface area contributed by atoms with Crippen LogP contribution in [0.2, 0.25) is 0 Å². The molecule has 0 unspecified atom stereocenters. The van der Waals surface area contributed by atoms with Crippen molar-refractivity contribution in [1.29, 1.82) is 0 Å². The number of aliphatic hydroxyl groups excluding tert-OH is 2. The van der Waals surface area contributed by atoms with Crippen LogP contribution in [-0.4, -0.2) is 63.0 Å². The number of carbonyl (C=O) groups is 2. The van der Waals surface area contributed by atoms with Gasteiger partial charge in [-0.1, -0.05) is 0 Å². The summed E-state index contributed by atoms with van der Waals surface area (Å²) in [5, 5.41) is 17.9. The van der Waals surface area contributed by atoms with Crippen LogP contribution >= 0.6 is 11.8 Å². The maximum atomic E-state index is 12.1. The Labute approximate surface area is 116 Å². The molecule has 2 fully saturated rings. The van der Waals surface area contributed by atoms with Crippen LogP contribution in [0.4, 0.5) is 0 Å². The summed E-state index contributed by atoms with van der Waals surface area (Å²) in [6, 6.07) is -0.582. The monoisotopic (exact) mass is 289 g/mol. The van der Waals surface area contributed by atoms with Gasteiger partial charge in [-0.25, -0.2) is 4.79 Å². The van der Waals surface area contributed by atoms with Gasteiger partial charge in [-0.2, -0.15) is 0 Å². The largest absolute Gasteiger partial charge is 0.464 e. The van der Waals surface area contributed by atoms with E-state index in [1.165, 1.54) is 0 Å². The zero-order valence-corrected chi connectivity index (χ0v) is 11.9. The highest BCUT2D eigenvalue weighted by molar-refractivity contribution is 8.01. The molecule has 0 saturated carbocycles. The fourth-order valence-electron chi connectivity index (χ4n) is 2.40. The zero-order valence-electron chi connectivity index (χ0n) is 11.0. The number of ether oxygens (including phenoxy) is 1. The van der Waals surface area contributed by atoms with Crippen LogP contribution in [-0.2, 0) is 14.3 Å². The minimum Gasteiger partial charge on any atom is -0.464 e. The maximum Gasteiger partial charge on any atom is 0.330 e. The van der Waals surface area contributed by atoms with Gasteiger partial charge in [-0.3, -0.25) is 4.79 Å². The van der Waals surface area contributed by atoms with E-state index in [1.807, 2.05) is 13.8 Å². The minimum atomic E-state index is -0.582. The number of rotatable bonds is 5. The first-order valence-electron chi connectivity index (χ1n) is 6.28. The number of aliphatic hydroxyl groups is 2. The SMILES string of the molecule is CC1(C)S[C@@H]2CC(=O)N2[C@H]1C(=O)OCC(CO)CO. The first-order chi connectivity index (χ1) is 8.90. The maximum absolute atomic E-state index is 12.1. The third-order valence-corrected chi connectivity index (χ3v) is 5.02. The van der Waals surface area contributed by atoms with Crippen LogP contribution in [0.5, 0.6) is 0 Å². The standard InChI is InChI=1S/C12H19NO5S/c1-12(2)10(13-8(16)3-9(13)19-12)11(17)18-6-7(4-14)5-15/h7,9-10,14-15H,3-6H2,1-2H3/t9-,10+/m1/s1. The highest BCUT2D eigenvalue weighted by atomic mass is 32.2. The lowest BCUT2D eigenvalue weighted by atomic mass is 9.98. The van der Waals surface area contributed by atoms with E-state index in [0.29, 0.717) is 6.42 Å². The van der Waals surface area contributed by atoms with Crippen LogP contribution in [0.1, 0.15) is 20.3 Å². The highest BCUT2D eigenvalue weighted by Crippen LogP contribution is 2.50. The van der Waals surface area contributed by atoms with E-state index in [2.05, 4.69) is 0 Å². The lowest BCUT2D eigenvalue weighted by Gasteiger charge is -2.37. The molecule has 0 bridgehead atoms. The number of β-lactam (4-membered cyclic amide) rings is 1. The molecule has 2 aliphatic rings. The molecule has 2 N–H and O–H groups in total. The topological polar surface area (TPSA) is 87.1 Å². The van der Waals surface area contributed by atoms with Gasteiger partial charge in [0, 0.05) is 10.7 Å². The predicted molar refractivity (Wildman–Crippen MR) is 69.3 cm³/mol. The van der Waals surface area contributed by atoms with Gasteiger partial charge in [0.15, 0.2) is 0 Å². The van der Waals surface area contributed by atoms with Crippen LogP contribution in [0.15, 0.2) is 0 Å². The molecular formula is C12H19NO5S. The molecule has 0 aromatic carbocycles. The molecule has 2 heterocycles. The summed E-state index contributed by atoms with van der Waals surface area (Å²) in [5.41, 5.74) is 0. The molecular weight excluding hydrogens is 270 g/mol. The summed E-state index contributed by atoms with van der Waals surface area (Å²) in [6.07, 6.45) is 0.480. The average Bonchev–Trinajstić information content (AvgIpc) is 2.57. The quantitative estimate of drug-likeness (QED) is 0.528. The molecule has 1 amide bonds. The van der Waals surface area contributed by atoms with Gasteiger partial charge in [-0.05, 0) is 13.8 Å². The molecule has 108 valence electrons. The minimum absolute atomic E-state index is 0.0223.